The van der Waals surface area contributed by atoms with E-state index in [4.69, 9.17) is 9.84 Å². The van der Waals surface area contributed by atoms with Crippen molar-refractivity contribution < 1.29 is 19.4 Å². The summed E-state index contributed by atoms with van der Waals surface area (Å²) in [6, 6.07) is 4.31. The largest absolute Gasteiger partial charge is 0.496 e. The molecule has 1 amide bonds. The van der Waals surface area contributed by atoms with Crippen LogP contribution < -0.4 is 10.1 Å². The molecule has 20 heavy (non-hydrogen) atoms. The molecule has 0 radical (unpaired) electrons. The molecular formula is C12H11N3O4S. The van der Waals surface area contributed by atoms with Gasteiger partial charge in [0, 0.05) is 11.8 Å². The summed E-state index contributed by atoms with van der Waals surface area (Å²) >= 11 is 0.996. The van der Waals surface area contributed by atoms with E-state index < -0.39 is 5.97 Å². The van der Waals surface area contributed by atoms with Crippen molar-refractivity contribution in [3.05, 3.63) is 34.3 Å². The molecule has 0 saturated carbocycles. The number of benzene rings is 1. The van der Waals surface area contributed by atoms with Gasteiger partial charge in [-0.25, -0.2) is 4.79 Å². The van der Waals surface area contributed by atoms with Crippen molar-refractivity contribution in [2.24, 2.45) is 0 Å². The number of methoxy groups -OCH3 is 1. The number of nitrogens with zero attached hydrogens (tertiary/aromatic N) is 2. The zero-order valence-electron chi connectivity index (χ0n) is 10.7. The molecule has 1 heterocycles. The fraction of sp³-hybridized carbons (Fsp3) is 0.167. The van der Waals surface area contributed by atoms with E-state index in [1.54, 1.807) is 6.92 Å². The van der Waals surface area contributed by atoms with Crippen LogP contribution in [0.15, 0.2) is 18.2 Å². The van der Waals surface area contributed by atoms with Gasteiger partial charge in [0.05, 0.1) is 12.8 Å². The van der Waals surface area contributed by atoms with Crippen molar-refractivity contribution in [1.82, 2.24) is 9.59 Å². The summed E-state index contributed by atoms with van der Waals surface area (Å²) in [6.07, 6.45) is 0. The number of anilines is 1. The molecule has 8 heteroatoms. The van der Waals surface area contributed by atoms with Gasteiger partial charge >= 0.3 is 5.97 Å². The molecule has 0 saturated heterocycles. The number of ether oxygens (including phenoxy) is 1. The van der Waals surface area contributed by atoms with E-state index >= 15 is 0 Å². The lowest BCUT2D eigenvalue weighted by atomic mass is 10.2. The maximum absolute atomic E-state index is 12.0. The normalized spacial score (nSPS) is 10.1. The fourth-order valence-electron chi connectivity index (χ4n) is 1.57. The maximum Gasteiger partial charge on any atom is 0.339 e. The smallest absolute Gasteiger partial charge is 0.339 e. The van der Waals surface area contributed by atoms with Crippen molar-refractivity contribution >= 4 is 29.1 Å². The Labute approximate surface area is 118 Å². The third-order valence-corrected chi connectivity index (χ3v) is 3.37. The molecule has 0 aliphatic rings. The van der Waals surface area contributed by atoms with E-state index in [1.807, 2.05) is 0 Å². The number of carbonyl (C=O) groups excluding carboxylic acids is 1. The molecular weight excluding hydrogens is 282 g/mol. The van der Waals surface area contributed by atoms with Crippen molar-refractivity contribution in [3.8, 4) is 5.75 Å². The van der Waals surface area contributed by atoms with Crippen molar-refractivity contribution in [2.75, 3.05) is 12.4 Å². The molecule has 0 bridgehead atoms. The predicted molar refractivity (Wildman–Crippen MR) is 72.6 cm³/mol. The third kappa shape index (κ3) is 2.75. The van der Waals surface area contributed by atoms with Crippen LogP contribution >= 0.6 is 11.5 Å². The van der Waals surface area contributed by atoms with Gasteiger partial charge in [-0.05, 0) is 30.6 Å². The number of nitrogens with one attached hydrogen (secondary N) is 1. The standard InChI is InChI=1S/C12H11N3O4S/c1-6-10(20-15-14-6)11(16)13-7-3-4-8(12(17)18)9(5-7)19-2/h3-5H,1-2H3,(H,13,16)(H,17,18). The lowest BCUT2D eigenvalue weighted by molar-refractivity contribution is 0.0693. The zero-order valence-corrected chi connectivity index (χ0v) is 11.5. The van der Waals surface area contributed by atoms with Crippen LogP contribution in [0, 0.1) is 6.92 Å². The van der Waals surface area contributed by atoms with E-state index in [-0.39, 0.29) is 17.2 Å². The molecule has 1 aromatic carbocycles. The monoisotopic (exact) mass is 293 g/mol. The first kappa shape index (κ1) is 13.9. The Balaban J connectivity index is 2.24. The highest BCUT2D eigenvalue weighted by atomic mass is 32.1. The highest BCUT2D eigenvalue weighted by molar-refractivity contribution is 7.08. The molecule has 0 aliphatic carbocycles. The van der Waals surface area contributed by atoms with Crippen LogP contribution in [0.1, 0.15) is 25.7 Å². The summed E-state index contributed by atoms with van der Waals surface area (Å²) < 4.78 is 8.67. The number of carboxylic acids is 1. The van der Waals surface area contributed by atoms with Gasteiger partial charge in [-0.15, -0.1) is 5.10 Å². The Morgan fingerprint density at radius 1 is 1.40 bits per heavy atom. The van der Waals surface area contributed by atoms with Crippen molar-refractivity contribution in [1.29, 1.82) is 0 Å². The Morgan fingerprint density at radius 2 is 2.15 bits per heavy atom. The van der Waals surface area contributed by atoms with E-state index in [0.29, 0.717) is 16.3 Å². The lowest BCUT2D eigenvalue weighted by Crippen LogP contribution is -2.12. The molecule has 2 aromatic rings. The van der Waals surface area contributed by atoms with Gasteiger partial charge in [0.15, 0.2) is 0 Å². The third-order valence-electron chi connectivity index (χ3n) is 2.55. The van der Waals surface area contributed by atoms with Crippen molar-refractivity contribution in [3.63, 3.8) is 0 Å². The van der Waals surface area contributed by atoms with E-state index in [0.717, 1.165) is 11.5 Å². The Kier molecular flexibility index (Phi) is 3.94. The average Bonchev–Trinajstić information content (AvgIpc) is 2.84. The van der Waals surface area contributed by atoms with Gasteiger partial charge in [0.1, 0.15) is 16.2 Å². The number of hydrogen-bond donors (Lipinski definition) is 2. The quantitative estimate of drug-likeness (QED) is 0.891. The number of amides is 1. The topological polar surface area (TPSA) is 101 Å². The van der Waals surface area contributed by atoms with E-state index in [9.17, 15) is 9.59 Å². The summed E-state index contributed by atoms with van der Waals surface area (Å²) in [4.78, 5) is 23.3. The molecule has 7 nitrogen and oxygen atoms in total. The summed E-state index contributed by atoms with van der Waals surface area (Å²) in [5.74, 6) is -1.26. The molecule has 0 spiro atoms. The first-order chi connectivity index (χ1) is 9.52. The molecule has 0 atom stereocenters. The van der Waals surface area contributed by atoms with Gasteiger partial charge < -0.3 is 15.2 Å². The summed E-state index contributed by atoms with van der Waals surface area (Å²) in [6.45, 7) is 1.69. The fourth-order valence-corrected chi connectivity index (χ4v) is 2.13. The molecule has 0 aliphatic heterocycles. The van der Waals surface area contributed by atoms with Crippen LogP contribution in [0.4, 0.5) is 5.69 Å². The van der Waals surface area contributed by atoms with Crippen LogP contribution in [0.25, 0.3) is 0 Å². The minimum atomic E-state index is -1.10. The second kappa shape index (κ2) is 5.66. The summed E-state index contributed by atoms with van der Waals surface area (Å²) in [5, 5.41) is 15.4. The highest BCUT2D eigenvalue weighted by Gasteiger charge is 2.15. The van der Waals surface area contributed by atoms with Crippen LogP contribution in [-0.4, -0.2) is 33.7 Å². The molecule has 1 aromatic heterocycles. The highest BCUT2D eigenvalue weighted by Crippen LogP contribution is 2.24. The van der Waals surface area contributed by atoms with E-state index in [2.05, 4.69) is 14.9 Å². The minimum absolute atomic E-state index is 0.0288. The minimum Gasteiger partial charge on any atom is -0.496 e. The second-order valence-corrected chi connectivity index (χ2v) is 4.62. The van der Waals surface area contributed by atoms with Crippen LogP contribution in [-0.2, 0) is 0 Å². The van der Waals surface area contributed by atoms with Crippen LogP contribution in [0.3, 0.4) is 0 Å². The molecule has 2 N–H and O–H groups in total. The number of hydrogen-bond acceptors (Lipinski definition) is 6. The first-order valence-corrected chi connectivity index (χ1v) is 6.32. The Bertz CT molecular complexity index is 668. The lowest BCUT2D eigenvalue weighted by Gasteiger charge is -2.08. The van der Waals surface area contributed by atoms with Gasteiger partial charge in [0.2, 0.25) is 0 Å². The Morgan fingerprint density at radius 3 is 2.70 bits per heavy atom. The zero-order chi connectivity index (χ0) is 14.7. The number of aromatic carboxylic acids is 1. The van der Waals surface area contributed by atoms with Gasteiger partial charge in [-0.1, -0.05) is 4.49 Å². The Hall–Kier alpha value is -2.48. The predicted octanol–water partition coefficient (Wildman–Crippen LogP) is 1.81. The maximum atomic E-state index is 12.0. The van der Waals surface area contributed by atoms with Gasteiger partial charge in [-0.2, -0.15) is 0 Å². The number of carbonyl (C=O) groups is 2. The van der Waals surface area contributed by atoms with Crippen LogP contribution in [0.2, 0.25) is 0 Å². The second-order valence-electron chi connectivity index (χ2n) is 3.86. The summed E-state index contributed by atoms with van der Waals surface area (Å²) in [7, 11) is 1.37. The molecule has 2 rings (SSSR count). The number of aryl methyl sites for hydroxylation is 1. The molecule has 104 valence electrons. The number of carboxylic acid groups (broad SMARTS) is 1. The molecule has 0 fully saturated rings. The van der Waals surface area contributed by atoms with Gasteiger partial charge in [-0.3, -0.25) is 4.79 Å². The van der Waals surface area contributed by atoms with Crippen molar-refractivity contribution in [2.45, 2.75) is 6.92 Å². The average molecular weight is 293 g/mol. The number of aromatic nitrogens is 2. The van der Waals surface area contributed by atoms with Crippen LogP contribution in [0.5, 0.6) is 5.75 Å². The SMILES string of the molecule is COc1cc(NC(=O)c2snnc2C)ccc1C(=O)O. The van der Waals surface area contributed by atoms with E-state index in [1.165, 1.54) is 25.3 Å². The first-order valence-electron chi connectivity index (χ1n) is 5.54. The summed E-state index contributed by atoms with van der Waals surface area (Å²) in [5.41, 5.74) is 1.01. The molecule has 0 unspecified atom stereocenters. The number of rotatable bonds is 4. The van der Waals surface area contributed by atoms with Gasteiger partial charge in [0.25, 0.3) is 5.91 Å².